The molecule has 0 aromatic heterocycles. The molecular formula is C15H18ClNO4. The minimum absolute atomic E-state index is 0.0686. The van der Waals surface area contributed by atoms with Crippen LogP contribution in [0.15, 0.2) is 18.2 Å². The Kier molecular flexibility index (Phi) is 4.73. The summed E-state index contributed by atoms with van der Waals surface area (Å²) in [5.41, 5.74) is 0.442. The molecule has 1 N–H and O–H groups in total. The number of hydrogen-bond acceptors (Lipinski definition) is 4. The maximum Gasteiger partial charge on any atom is 0.309 e. The van der Waals surface area contributed by atoms with Gasteiger partial charge in [0.25, 0.3) is 5.91 Å². The number of benzene rings is 1. The van der Waals surface area contributed by atoms with Crippen molar-refractivity contribution in [3.8, 4) is 5.75 Å². The number of ether oxygens (including phenoxy) is 2. The molecule has 1 amide bonds. The van der Waals surface area contributed by atoms with Crippen LogP contribution in [0.25, 0.3) is 0 Å². The second-order valence-corrected chi connectivity index (χ2v) is 5.67. The Bertz CT molecular complexity index is 561. The number of rotatable bonds is 5. The summed E-state index contributed by atoms with van der Waals surface area (Å²) in [4.78, 5) is 23.8. The van der Waals surface area contributed by atoms with Crippen LogP contribution in [0.4, 0.5) is 5.69 Å². The van der Waals surface area contributed by atoms with E-state index in [4.69, 9.17) is 21.1 Å². The second-order valence-electron chi connectivity index (χ2n) is 5.23. The van der Waals surface area contributed by atoms with Gasteiger partial charge in [-0.3, -0.25) is 9.59 Å². The van der Waals surface area contributed by atoms with Crippen LogP contribution in [0.5, 0.6) is 5.75 Å². The molecular weight excluding hydrogens is 294 g/mol. The Labute approximate surface area is 128 Å². The fourth-order valence-corrected chi connectivity index (χ4v) is 2.15. The van der Waals surface area contributed by atoms with E-state index >= 15 is 0 Å². The summed E-state index contributed by atoms with van der Waals surface area (Å²) in [6.07, 6.45) is -0.0380. The average molecular weight is 312 g/mol. The second kappa shape index (κ2) is 6.35. The lowest BCUT2D eigenvalue weighted by Gasteiger charge is -2.15. The van der Waals surface area contributed by atoms with Gasteiger partial charge in [-0.05, 0) is 37.5 Å². The van der Waals surface area contributed by atoms with Crippen molar-refractivity contribution in [1.82, 2.24) is 0 Å². The van der Waals surface area contributed by atoms with Gasteiger partial charge in [0, 0.05) is 5.02 Å². The van der Waals surface area contributed by atoms with Crippen LogP contribution in [0.2, 0.25) is 5.02 Å². The van der Waals surface area contributed by atoms with E-state index in [0.717, 1.165) is 6.42 Å². The number of halogens is 1. The molecule has 0 unspecified atom stereocenters. The molecule has 6 heteroatoms. The summed E-state index contributed by atoms with van der Waals surface area (Å²) >= 11 is 5.89. The van der Waals surface area contributed by atoms with Crippen molar-refractivity contribution in [3.05, 3.63) is 23.2 Å². The fourth-order valence-electron chi connectivity index (χ4n) is 1.98. The fraction of sp³-hybridized carbons (Fsp3) is 0.467. The zero-order valence-electron chi connectivity index (χ0n) is 12.2. The minimum atomic E-state index is -0.867. The first kappa shape index (κ1) is 15.6. The number of carbonyl (C=O) groups is 2. The Morgan fingerprint density at radius 3 is 2.67 bits per heavy atom. The van der Waals surface area contributed by atoms with Crippen LogP contribution in [-0.2, 0) is 14.3 Å². The molecule has 0 bridgehead atoms. The van der Waals surface area contributed by atoms with Crippen molar-refractivity contribution < 1.29 is 19.1 Å². The van der Waals surface area contributed by atoms with E-state index in [-0.39, 0.29) is 11.9 Å². The highest BCUT2D eigenvalue weighted by Gasteiger charge is 2.41. The molecule has 0 saturated heterocycles. The third-order valence-electron chi connectivity index (χ3n) is 3.49. The third kappa shape index (κ3) is 3.88. The molecule has 0 radical (unpaired) electrons. The Hall–Kier alpha value is -1.75. The zero-order valence-corrected chi connectivity index (χ0v) is 12.9. The molecule has 1 aliphatic rings. The van der Waals surface area contributed by atoms with Gasteiger partial charge >= 0.3 is 5.97 Å². The van der Waals surface area contributed by atoms with Gasteiger partial charge in [-0.1, -0.05) is 18.5 Å². The predicted octanol–water partition coefficient (Wildman–Crippen LogP) is 2.87. The molecule has 0 spiro atoms. The molecule has 1 fully saturated rings. The molecule has 5 nitrogen and oxygen atoms in total. The summed E-state index contributed by atoms with van der Waals surface area (Å²) in [7, 11) is 1.50. The van der Waals surface area contributed by atoms with Gasteiger partial charge in [0.15, 0.2) is 6.10 Å². The highest BCUT2D eigenvalue weighted by molar-refractivity contribution is 6.31. The highest BCUT2D eigenvalue weighted by atomic mass is 35.5. The first-order chi connectivity index (χ1) is 9.92. The van der Waals surface area contributed by atoms with Gasteiger partial charge in [-0.2, -0.15) is 0 Å². The normalized spacial score (nSPS) is 21.3. The molecule has 1 aliphatic carbocycles. The van der Waals surface area contributed by atoms with Crippen LogP contribution in [0.1, 0.15) is 20.3 Å². The lowest BCUT2D eigenvalue weighted by atomic mass is 10.2. The van der Waals surface area contributed by atoms with Crippen molar-refractivity contribution in [2.24, 2.45) is 11.8 Å². The van der Waals surface area contributed by atoms with Gasteiger partial charge in [0.05, 0.1) is 18.7 Å². The maximum atomic E-state index is 12.1. The van der Waals surface area contributed by atoms with Gasteiger partial charge in [-0.15, -0.1) is 0 Å². The van der Waals surface area contributed by atoms with Crippen molar-refractivity contribution in [2.75, 3.05) is 12.4 Å². The number of nitrogens with one attached hydrogen (secondary N) is 1. The SMILES string of the molecule is COc1ccc(Cl)cc1NC(=O)[C@H](C)OC(=O)[C@H]1C[C@H]1C. The Morgan fingerprint density at radius 2 is 2.10 bits per heavy atom. The summed E-state index contributed by atoms with van der Waals surface area (Å²) in [6, 6.07) is 4.89. The zero-order chi connectivity index (χ0) is 15.6. The molecule has 0 heterocycles. The van der Waals surface area contributed by atoms with Gasteiger partial charge in [0.2, 0.25) is 0 Å². The van der Waals surface area contributed by atoms with E-state index in [1.165, 1.54) is 14.0 Å². The van der Waals surface area contributed by atoms with E-state index in [2.05, 4.69) is 5.32 Å². The lowest BCUT2D eigenvalue weighted by Crippen LogP contribution is -2.30. The topological polar surface area (TPSA) is 64.6 Å². The van der Waals surface area contributed by atoms with Crippen molar-refractivity contribution >= 4 is 29.2 Å². The molecule has 1 aromatic carbocycles. The van der Waals surface area contributed by atoms with Crippen LogP contribution in [-0.4, -0.2) is 25.1 Å². The number of amides is 1. The van der Waals surface area contributed by atoms with Crippen LogP contribution in [0, 0.1) is 11.8 Å². The Balaban J connectivity index is 1.97. The van der Waals surface area contributed by atoms with Gasteiger partial charge in [0.1, 0.15) is 5.75 Å². The highest BCUT2D eigenvalue weighted by Crippen LogP contribution is 2.38. The van der Waals surface area contributed by atoms with Crippen LogP contribution < -0.4 is 10.1 Å². The van der Waals surface area contributed by atoms with E-state index in [1.54, 1.807) is 18.2 Å². The number of hydrogen-bond donors (Lipinski definition) is 1. The maximum absolute atomic E-state index is 12.1. The minimum Gasteiger partial charge on any atom is -0.495 e. The summed E-state index contributed by atoms with van der Waals surface area (Å²) in [5.74, 6) is 0.0317. The number of carbonyl (C=O) groups excluding carboxylic acids is 2. The summed E-state index contributed by atoms with van der Waals surface area (Å²) in [6.45, 7) is 3.52. The monoisotopic (exact) mass is 311 g/mol. The van der Waals surface area contributed by atoms with Gasteiger partial charge in [-0.25, -0.2) is 0 Å². The van der Waals surface area contributed by atoms with E-state index in [0.29, 0.717) is 22.4 Å². The first-order valence-corrected chi connectivity index (χ1v) is 7.15. The van der Waals surface area contributed by atoms with E-state index < -0.39 is 12.0 Å². The largest absolute Gasteiger partial charge is 0.495 e. The molecule has 21 heavy (non-hydrogen) atoms. The van der Waals surface area contributed by atoms with E-state index in [1.807, 2.05) is 6.92 Å². The number of anilines is 1. The van der Waals surface area contributed by atoms with Crippen LogP contribution in [0.3, 0.4) is 0 Å². The van der Waals surface area contributed by atoms with Crippen molar-refractivity contribution in [1.29, 1.82) is 0 Å². The molecule has 0 aliphatic heterocycles. The number of methoxy groups -OCH3 is 1. The van der Waals surface area contributed by atoms with Gasteiger partial charge < -0.3 is 14.8 Å². The predicted molar refractivity (Wildman–Crippen MR) is 79.5 cm³/mol. The summed E-state index contributed by atoms with van der Waals surface area (Å²) in [5, 5.41) is 3.13. The van der Waals surface area contributed by atoms with E-state index in [9.17, 15) is 9.59 Å². The quantitative estimate of drug-likeness (QED) is 0.849. The van der Waals surface area contributed by atoms with Crippen molar-refractivity contribution in [2.45, 2.75) is 26.4 Å². The molecule has 3 atom stereocenters. The number of esters is 1. The molecule has 114 valence electrons. The molecule has 1 saturated carbocycles. The third-order valence-corrected chi connectivity index (χ3v) is 3.73. The van der Waals surface area contributed by atoms with Crippen LogP contribution >= 0.6 is 11.6 Å². The molecule has 2 rings (SSSR count). The standard InChI is InChI=1S/C15H18ClNO4/c1-8-6-11(8)15(19)21-9(2)14(18)17-12-7-10(16)4-5-13(12)20-3/h4-5,7-9,11H,6H2,1-3H3,(H,17,18)/t8-,9+,11+/m1/s1. The summed E-state index contributed by atoms with van der Waals surface area (Å²) < 4.78 is 10.3. The average Bonchev–Trinajstić information content (AvgIpc) is 3.16. The molecule has 1 aromatic rings. The Morgan fingerprint density at radius 1 is 1.43 bits per heavy atom. The first-order valence-electron chi connectivity index (χ1n) is 6.77. The van der Waals surface area contributed by atoms with Crippen molar-refractivity contribution in [3.63, 3.8) is 0 Å². The lowest BCUT2D eigenvalue weighted by molar-refractivity contribution is -0.154. The smallest absolute Gasteiger partial charge is 0.309 e.